The van der Waals surface area contributed by atoms with Crippen LogP contribution in [0.15, 0.2) is 47.8 Å². The molecule has 2 aromatic rings. The van der Waals surface area contributed by atoms with Gasteiger partial charge in [0.25, 0.3) is 5.91 Å². The minimum atomic E-state index is -1.20. The highest BCUT2D eigenvalue weighted by molar-refractivity contribution is 7.10. The minimum Gasteiger partial charge on any atom is -0.396 e. The monoisotopic (exact) mass is 291 g/mol. The molecule has 106 valence electrons. The summed E-state index contributed by atoms with van der Waals surface area (Å²) in [6, 6.07) is 12.3. The highest BCUT2D eigenvalue weighted by Crippen LogP contribution is 2.23. The van der Waals surface area contributed by atoms with E-state index in [1.54, 1.807) is 24.3 Å². The van der Waals surface area contributed by atoms with Gasteiger partial charge in [-0.25, -0.2) is 0 Å². The van der Waals surface area contributed by atoms with Gasteiger partial charge in [0, 0.05) is 11.5 Å². The summed E-state index contributed by atoms with van der Waals surface area (Å²) in [5.41, 5.74) is 0.555. The third-order valence-corrected chi connectivity index (χ3v) is 3.97. The van der Waals surface area contributed by atoms with E-state index in [0.717, 1.165) is 4.88 Å². The van der Waals surface area contributed by atoms with Crippen molar-refractivity contribution in [3.8, 4) is 0 Å². The van der Waals surface area contributed by atoms with Gasteiger partial charge in [-0.2, -0.15) is 0 Å². The van der Waals surface area contributed by atoms with Crippen LogP contribution in [0.2, 0.25) is 0 Å². The van der Waals surface area contributed by atoms with Crippen molar-refractivity contribution >= 4 is 17.2 Å². The standard InChI is InChI=1S/C15H17NO3S/c17-9-8-12(13-7-4-10-20-13)16-15(19)14(18)11-5-2-1-3-6-11/h1-7,10,12,14,17-18H,8-9H2,(H,16,19). The summed E-state index contributed by atoms with van der Waals surface area (Å²) in [4.78, 5) is 13.1. The summed E-state index contributed by atoms with van der Waals surface area (Å²) in [6.45, 7) is -0.0235. The van der Waals surface area contributed by atoms with Gasteiger partial charge in [-0.3, -0.25) is 4.79 Å². The number of nitrogens with one attached hydrogen (secondary N) is 1. The normalized spacial score (nSPS) is 13.7. The van der Waals surface area contributed by atoms with Crippen LogP contribution in [0.3, 0.4) is 0 Å². The maximum atomic E-state index is 12.1. The summed E-state index contributed by atoms with van der Waals surface area (Å²) < 4.78 is 0. The molecule has 3 N–H and O–H groups in total. The van der Waals surface area contributed by atoms with Gasteiger partial charge in [-0.05, 0) is 23.4 Å². The number of benzene rings is 1. The molecule has 0 saturated heterocycles. The van der Waals surface area contributed by atoms with Crippen LogP contribution in [0, 0.1) is 0 Å². The lowest BCUT2D eigenvalue weighted by molar-refractivity contribution is -0.130. The smallest absolute Gasteiger partial charge is 0.253 e. The molecule has 0 bridgehead atoms. The number of rotatable bonds is 6. The summed E-state index contributed by atoms with van der Waals surface area (Å²) in [5.74, 6) is -0.456. The van der Waals surface area contributed by atoms with Gasteiger partial charge in [-0.1, -0.05) is 36.4 Å². The fourth-order valence-electron chi connectivity index (χ4n) is 1.94. The van der Waals surface area contributed by atoms with Gasteiger partial charge in [0.05, 0.1) is 6.04 Å². The number of aliphatic hydroxyl groups is 2. The third-order valence-electron chi connectivity index (χ3n) is 2.98. The first kappa shape index (κ1) is 14.7. The van der Waals surface area contributed by atoms with Crippen LogP contribution < -0.4 is 5.32 Å². The van der Waals surface area contributed by atoms with E-state index in [1.165, 1.54) is 11.3 Å². The first-order valence-electron chi connectivity index (χ1n) is 6.40. The molecule has 0 spiro atoms. The van der Waals surface area contributed by atoms with Gasteiger partial charge < -0.3 is 15.5 Å². The summed E-state index contributed by atoms with van der Waals surface area (Å²) in [6.07, 6.45) is -0.773. The van der Waals surface area contributed by atoms with Crippen LogP contribution in [-0.2, 0) is 4.79 Å². The van der Waals surface area contributed by atoms with E-state index in [4.69, 9.17) is 5.11 Å². The van der Waals surface area contributed by atoms with E-state index < -0.39 is 12.0 Å². The predicted molar refractivity (Wildman–Crippen MR) is 78.3 cm³/mol. The van der Waals surface area contributed by atoms with Gasteiger partial charge in [0.15, 0.2) is 6.10 Å². The largest absolute Gasteiger partial charge is 0.396 e. The van der Waals surface area contributed by atoms with E-state index in [2.05, 4.69) is 5.32 Å². The van der Waals surface area contributed by atoms with Crippen molar-refractivity contribution in [2.45, 2.75) is 18.6 Å². The molecular weight excluding hydrogens is 274 g/mol. The molecule has 1 aromatic heterocycles. The van der Waals surface area contributed by atoms with E-state index in [-0.39, 0.29) is 12.6 Å². The van der Waals surface area contributed by atoms with E-state index in [9.17, 15) is 9.90 Å². The molecule has 1 heterocycles. The Balaban J connectivity index is 2.05. The second kappa shape index (κ2) is 7.19. The summed E-state index contributed by atoms with van der Waals surface area (Å²) in [5, 5.41) is 23.8. The SMILES string of the molecule is O=C(NC(CCO)c1cccs1)C(O)c1ccccc1. The van der Waals surface area contributed by atoms with Crippen LogP contribution in [0.1, 0.15) is 29.0 Å². The van der Waals surface area contributed by atoms with Gasteiger partial charge >= 0.3 is 0 Å². The van der Waals surface area contributed by atoms with Crippen molar-refractivity contribution in [2.75, 3.05) is 6.61 Å². The molecule has 2 atom stereocenters. The zero-order chi connectivity index (χ0) is 14.4. The highest BCUT2D eigenvalue weighted by atomic mass is 32.1. The lowest BCUT2D eigenvalue weighted by atomic mass is 10.1. The molecule has 0 aliphatic carbocycles. The van der Waals surface area contributed by atoms with Crippen LogP contribution >= 0.6 is 11.3 Å². The molecule has 20 heavy (non-hydrogen) atoms. The Kier molecular flexibility index (Phi) is 5.29. The molecule has 0 aliphatic heterocycles. The van der Waals surface area contributed by atoms with Crippen molar-refractivity contribution in [2.24, 2.45) is 0 Å². The lowest BCUT2D eigenvalue weighted by Gasteiger charge is -2.19. The van der Waals surface area contributed by atoms with Gasteiger partial charge in [-0.15, -0.1) is 11.3 Å². The second-order valence-electron chi connectivity index (χ2n) is 4.40. The fraction of sp³-hybridized carbons (Fsp3) is 0.267. The molecule has 2 rings (SSSR count). The average molecular weight is 291 g/mol. The van der Waals surface area contributed by atoms with Gasteiger partial charge in [0.1, 0.15) is 0 Å². The summed E-state index contributed by atoms with van der Waals surface area (Å²) in [7, 11) is 0. The number of hydrogen-bond acceptors (Lipinski definition) is 4. The van der Waals surface area contributed by atoms with Crippen molar-refractivity contribution in [1.29, 1.82) is 0 Å². The van der Waals surface area contributed by atoms with Crippen molar-refractivity contribution in [3.05, 3.63) is 58.3 Å². The Hall–Kier alpha value is -1.69. The molecule has 0 radical (unpaired) electrons. The third kappa shape index (κ3) is 3.66. The van der Waals surface area contributed by atoms with Crippen LogP contribution in [0.5, 0.6) is 0 Å². The van der Waals surface area contributed by atoms with Crippen LogP contribution in [0.25, 0.3) is 0 Å². The first-order valence-corrected chi connectivity index (χ1v) is 7.28. The molecular formula is C15H17NO3S. The number of amides is 1. The minimum absolute atomic E-state index is 0.0235. The maximum Gasteiger partial charge on any atom is 0.253 e. The van der Waals surface area contributed by atoms with E-state index in [0.29, 0.717) is 12.0 Å². The fourth-order valence-corrected chi connectivity index (χ4v) is 2.75. The Morgan fingerprint density at radius 1 is 1.20 bits per heavy atom. The Morgan fingerprint density at radius 2 is 1.95 bits per heavy atom. The molecule has 4 nitrogen and oxygen atoms in total. The molecule has 5 heteroatoms. The van der Waals surface area contributed by atoms with Crippen molar-refractivity contribution in [1.82, 2.24) is 5.32 Å². The zero-order valence-corrected chi connectivity index (χ0v) is 11.7. The zero-order valence-electron chi connectivity index (χ0n) is 10.9. The quantitative estimate of drug-likeness (QED) is 0.762. The van der Waals surface area contributed by atoms with E-state index >= 15 is 0 Å². The molecule has 1 aromatic carbocycles. The number of aliphatic hydroxyl groups excluding tert-OH is 2. The second-order valence-corrected chi connectivity index (χ2v) is 5.38. The predicted octanol–water partition coefficient (Wildman–Crippen LogP) is 2.02. The van der Waals surface area contributed by atoms with Crippen molar-refractivity contribution < 1.29 is 15.0 Å². The molecule has 0 aliphatic rings. The Bertz CT molecular complexity index is 527. The summed E-state index contributed by atoms with van der Waals surface area (Å²) >= 11 is 1.51. The molecule has 1 amide bonds. The van der Waals surface area contributed by atoms with Crippen LogP contribution in [0.4, 0.5) is 0 Å². The Labute approximate surface area is 121 Å². The number of carbonyl (C=O) groups excluding carboxylic acids is 1. The Morgan fingerprint density at radius 3 is 2.55 bits per heavy atom. The topological polar surface area (TPSA) is 69.6 Å². The van der Waals surface area contributed by atoms with Crippen LogP contribution in [-0.4, -0.2) is 22.7 Å². The lowest BCUT2D eigenvalue weighted by Crippen LogP contribution is -2.33. The van der Waals surface area contributed by atoms with E-state index in [1.807, 2.05) is 23.6 Å². The number of thiophene rings is 1. The highest BCUT2D eigenvalue weighted by Gasteiger charge is 2.21. The average Bonchev–Trinajstić information content (AvgIpc) is 3.01. The number of hydrogen-bond donors (Lipinski definition) is 3. The first-order chi connectivity index (χ1) is 9.72. The van der Waals surface area contributed by atoms with Crippen molar-refractivity contribution in [3.63, 3.8) is 0 Å². The maximum absolute atomic E-state index is 12.1. The molecule has 0 saturated carbocycles. The van der Waals surface area contributed by atoms with Gasteiger partial charge in [0.2, 0.25) is 0 Å². The molecule has 2 unspecified atom stereocenters. The molecule has 0 fully saturated rings. The number of carbonyl (C=O) groups is 1.